The van der Waals surface area contributed by atoms with Crippen LogP contribution in [0.5, 0.6) is 0 Å². The standard InChI is InChI=1S/C4H3BrClNO2/c5-7-3(8)1-2(6)4(7)9/h2H,1H2. The maximum absolute atomic E-state index is 10.6. The van der Waals surface area contributed by atoms with E-state index < -0.39 is 5.38 Å². The highest BCUT2D eigenvalue weighted by Gasteiger charge is 2.35. The number of imide groups is 1. The van der Waals surface area contributed by atoms with Crippen LogP contribution in [-0.2, 0) is 9.59 Å². The van der Waals surface area contributed by atoms with E-state index in [1.807, 2.05) is 0 Å². The molecule has 1 heterocycles. The number of amides is 2. The Balaban J connectivity index is 2.77. The van der Waals surface area contributed by atoms with Crippen LogP contribution < -0.4 is 0 Å². The maximum Gasteiger partial charge on any atom is 0.257 e. The van der Waals surface area contributed by atoms with Crippen molar-refractivity contribution in [3.8, 4) is 0 Å². The van der Waals surface area contributed by atoms with Crippen LogP contribution in [0.3, 0.4) is 0 Å². The summed E-state index contributed by atoms with van der Waals surface area (Å²) in [5.74, 6) is -0.651. The van der Waals surface area contributed by atoms with Crippen LogP contribution in [-0.4, -0.2) is 21.1 Å². The molecule has 0 aromatic carbocycles. The van der Waals surface area contributed by atoms with Gasteiger partial charge in [0.25, 0.3) is 5.91 Å². The van der Waals surface area contributed by atoms with Crippen molar-refractivity contribution < 1.29 is 9.59 Å². The molecule has 1 aliphatic heterocycles. The molecule has 3 nitrogen and oxygen atoms in total. The molecule has 0 spiro atoms. The second-order valence-corrected chi connectivity index (χ2v) is 2.92. The van der Waals surface area contributed by atoms with Gasteiger partial charge in [0, 0.05) is 0 Å². The van der Waals surface area contributed by atoms with Crippen LogP contribution in [0.15, 0.2) is 0 Å². The maximum atomic E-state index is 10.6. The van der Waals surface area contributed by atoms with E-state index in [1.54, 1.807) is 0 Å². The lowest BCUT2D eigenvalue weighted by Gasteiger charge is -1.98. The number of rotatable bonds is 0. The van der Waals surface area contributed by atoms with Gasteiger partial charge in [-0.05, 0) is 0 Å². The Morgan fingerprint density at radius 3 is 2.33 bits per heavy atom. The summed E-state index contributed by atoms with van der Waals surface area (Å²) in [7, 11) is 0. The Morgan fingerprint density at radius 2 is 2.22 bits per heavy atom. The van der Waals surface area contributed by atoms with Crippen LogP contribution in [0, 0.1) is 0 Å². The van der Waals surface area contributed by atoms with E-state index in [0.29, 0.717) is 0 Å². The lowest BCUT2D eigenvalue weighted by molar-refractivity contribution is -0.131. The molecule has 0 N–H and O–H groups in total. The molecule has 2 amide bonds. The van der Waals surface area contributed by atoms with Gasteiger partial charge in [0.1, 0.15) is 5.38 Å². The van der Waals surface area contributed by atoms with Crippen molar-refractivity contribution >= 4 is 39.6 Å². The van der Waals surface area contributed by atoms with Gasteiger partial charge in [-0.2, -0.15) is 0 Å². The smallest absolute Gasteiger partial charge is 0.257 e. The first-order valence-electron chi connectivity index (χ1n) is 2.29. The van der Waals surface area contributed by atoms with Crippen LogP contribution in [0.4, 0.5) is 0 Å². The lowest BCUT2D eigenvalue weighted by Crippen LogP contribution is -2.19. The highest BCUT2D eigenvalue weighted by Crippen LogP contribution is 2.20. The average molecular weight is 212 g/mol. The molecule has 5 heteroatoms. The minimum atomic E-state index is -0.670. The number of alkyl halides is 1. The van der Waals surface area contributed by atoms with E-state index in [9.17, 15) is 9.59 Å². The summed E-state index contributed by atoms with van der Waals surface area (Å²) >= 11 is 8.17. The number of nitrogens with zero attached hydrogens (tertiary/aromatic N) is 1. The molecule has 0 aliphatic carbocycles. The highest BCUT2D eigenvalue weighted by molar-refractivity contribution is 9.08. The fourth-order valence-corrected chi connectivity index (χ4v) is 1.31. The largest absolute Gasteiger partial charge is 0.273 e. The van der Waals surface area contributed by atoms with E-state index in [-0.39, 0.29) is 18.2 Å². The quantitative estimate of drug-likeness (QED) is 0.336. The second kappa shape index (κ2) is 2.27. The van der Waals surface area contributed by atoms with Gasteiger partial charge >= 0.3 is 0 Å². The highest BCUT2D eigenvalue weighted by atomic mass is 79.9. The molecule has 0 bridgehead atoms. The molecule has 0 saturated carbocycles. The van der Waals surface area contributed by atoms with Crippen molar-refractivity contribution in [3.05, 3.63) is 0 Å². The third-order valence-corrected chi connectivity index (χ3v) is 2.12. The molecule has 0 aromatic heterocycles. The fraction of sp³-hybridized carbons (Fsp3) is 0.500. The molecule has 1 fully saturated rings. The zero-order valence-electron chi connectivity index (χ0n) is 4.30. The Hall–Kier alpha value is -0.0900. The Bertz CT molecular complexity index is 172. The predicted molar refractivity (Wildman–Crippen MR) is 35.0 cm³/mol. The number of halogens is 2. The Labute approximate surface area is 65.3 Å². The van der Waals surface area contributed by atoms with Crippen LogP contribution in [0.2, 0.25) is 0 Å². The zero-order valence-corrected chi connectivity index (χ0v) is 6.65. The molecular weight excluding hydrogens is 209 g/mol. The van der Waals surface area contributed by atoms with E-state index in [2.05, 4.69) is 16.1 Å². The summed E-state index contributed by atoms with van der Waals surface area (Å²) in [5, 5.41) is -0.670. The third kappa shape index (κ3) is 1.09. The van der Waals surface area contributed by atoms with Crippen LogP contribution in [0.1, 0.15) is 6.42 Å². The summed E-state index contributed by atoms with van der Waals surface area (Å²) in [6.07, 6.45) is 0.103. The normalized spacial score (nSPS) is 27.8. The molecule has 0 radical (unpaired) electrons. The first-order chi connectivity index (χ1) is 4.13. The number of carbonyl (C=O) groups excluding carboxylic acids is 2. The molecule has 1 atom stereocenters. The summed E-state index contributed by atoms with van der Waals surface area (Å²) in [6, 6.07) is 0. The molecule has 1 rings (SSSR count). The van der Waals surface area contributed by atoms with Gasteiger partial charge < -0.3 is 0 Å². The molecule has 1 saturated heterocycles. The van der Waals surface area contributed by atoms with Crippen molar-refractivity contribution in [2.75, 3.05) is 0 Å². The number of hydrogen-bond acceptors (Lipinski definition) is 2. The lowest BCUT2D eigenvalue weighted by atomic mass is 10.4. The Morgan fingerprint density at radius 1 is 1.67 bits per heavy atom. The summed E-state index contributed by atoms with van der Waals surface area (Å²) in [6.45, 7) is 0. The second-order valence-electron chi connectivity index (χ2n) is 1.68. The van der Waals surface area contributed by atoms with Crippen LogP contribution >= 0.6 is 27.7 Å². The summed E-state index contributed by atoms with van der Waals surface area (Å²) in [5.41, 5.74) is 0. The Kier molecular flexibility index (Phi) is 1.77. The van der Waals surface area contributed by atoms with Crippen LogP contribution in [0.25, 0.3) is 0 Å². The van der Waals surface area contributed by atoms with Gasteiger partial charge in [0.15, 0.2) is 0 Å². The van der Waals surface area contributed by atoms with Crippen molar-refractivity contribution in [3.63, 3.8) is 0 Å². The molecule has 0 aromatic rings. The first kappa shape index (κ1) is 7.02. The van der Waals surface area contributed by atoms with E-state index in [0.717, 1.165) is 3.93 Å². The van der Waals surface area contributed by atoms with Crippen molar-refractivity contribution in [2.24, 2.45) is 0 Å². The predicted octanol–water partition coefficient (Wildman–Crippen LogP) is 0.663. The van der Waals surface area contributed by atoms with Gasteiger partial charge in [-0.3, -0.25) is 9.59 Å². The SMILES string of the molecule is O=C1CC(Cl)C(=O)N1Br. The summed E-state index contributed by atoms with van der Waals surface area (Å²) in [4.78, 5) is 21.2. The number of carbonyl (C=O) groups is 2. The van der Waals surface area contributed by atoms with Crippen molar-refractivity contribution in [1.82, 2.24) is 3.93 Å². The minimum Gasteiger partial charge on any atom is -0.273 e. The molecular formula is C4H3BrClNO2. The first-order valence-corrected chi connectivity index (χ1v) is 3.44. The monoisotopic (exact) mass is 211 g/mol. The summed E-state index contributed by atoms with van der Waals surface area (Å²) < 4.78 is 0.866. The van der Waals surface area contributed by atoms with E-state index in [1.165, 1.54) is 0 Å². The zero-order chi connectivity index (χ0) is 7.02. The van der Waals surface area contributed by atoms with E-state index in [4.69, 9.17) is 11.6 Å². The molecule has 9 heavy (non-hydrogen) atoms. The molecule has 1 aliphatic rings. The third-order valence-electron chi connectivity index (χ3n) is 1.03. The van der Waals surface area contributed by atoms with Crippen molar-refractivity contribution in [1.29, 1.82) is 0 Å². The van der Waals surface area contributed by atoms with Gasteiger partial charge in [-0.1, -0.05) is 0 Å². The average Bonchev–Trinajstić information content (AvgIpc) is 1.98. The molecule has 50 valence electrons. The minimum absolute atomic E-state index is 0.103. The number of hydrogen-bond donors (Lipinski definition) is 0. The van der Waals surface area contributed by atoms with Gasteiger partial charge in [-0.15, -0.1) is 11.6 Å². The fourth-order valence-electron chi connectivity index (χ4n) is 0.567. The van der Waals surface area contributed by atoms with Crippen molar-refractivity contribution in [2.45, 2.75) is 11.8 Å². The topological polar surface area (TPSA) is 37.4 Å². The van der Waals surface area contributed by atoms with E-state index >= 15 is 0 Å². The van der Waals surface area contributed by atoms with Gasteiger partial charge in [0.05, 0.1) is 22.6 Å². The molecule has 1 unspecified atom stereocenters. The van der Waals surface area contributed by atoms with Gasteiger partial charge in [-0.25, -0.2) is 3.93 Å². The van der Waals surface area contributed by atoms with Gasteiger partial charge in [0.2, 0.25) is 5.91 Å².